The highest BCUT2D eigenvalue weighted by Gasteiger charge is 2.31. The second-order valence-corrected chi connectivity index (χ2v) is 6.57. The lowest BCUT2D eigenvalue weighted by Gasteiger charge is -2.22. The highest BCUT2D eigenvalue weighted by atomic mass is 16.4. The fraction of sp³-hybridized carbons (Fsp3) is 0.625. The van der Waals surface area contributed by atoms with Crippen LogP contribution in [0.2, 0.25) is 0 Å². The van der Waals surface area contributed by atoms with E-state index in [1.165, 1.54) is 0 Å². The summed E-state index contributed by atoms with van der Waals surface area (Å²) in [5.74, 6) is -3.74. The number of rotatable bonds is 12. The number of hydrogen-bond donors (Lipinski definition) is 7. The molecule has 1 rings (SSSR count). The number of amides is 4. The van der Waals surface area contributed by atoms with Gasteiger partial charge >= 0.3 is 5.97 Å². The second-order valence-electron chi connectivity index (χ2n) is 6.57. The van der Waals surface area contributed by atoms with E-state index in [9.17, 15) is 29.1 Å². The molecule has 1 saturated heterocycles. The number of guanidine groups is 1. The van der Waals surface area contributed by atoms with Crippen molar-refractivity contribution in [3.05, 3.63) is 0 Å². The van der Waals surface area contributed by atoms with Crippen LogP contribution in [0, 0.1) is 0 Å². The standard InChI is InChI=1S/C16H27N7O6/c17-11(24)5-3-9(22-13(26)8-4-6-12(25)21-8)14(27)23-10(15(28)29)2-1-7-20-16(18)19/h8-10H,1-7H2,(H2,17,24)(H,21,25)(H,22,26)(H,23,27)(H,28,29)(H4,18,19,20). The number of carbonyl (C=O) groups is 5. The first kappa shape index (κ1) is 23.7. The minimum Gasteiger partial charge on any atom is -0.480 e. The van der Waals surface area contributed by atoms with Gasteiger partial charge < -0.3 is 38.3 Å². The third kappa shape index (κ3) is 8.90. The summed E-state index contributed by atoms with van der Waals surface area (Å²) >= 11 is 0. The van der Waals surface area contributed by atoms with Gasteiger partial charge in [-0.2, -0.15) is 0 Å². The average Bonchev–Trinajstić information content (AvgIpc) is 3.06. The Hall–Kier alpha value is -3.38. The van der Waals surface area contributed by atoms with E-state index in [1.807, 2.05) is 0 Å². The smallest absolute Gasteiger partial charge is 0.326 e. The van der Waals surface area contributed by atoms with E-state index in [-0.39, 0.29) is 50.5 Å². The normalized spacial score (nSPS) is 17.5. The molecular weight excluding hydrogens is 386 g/mol. The first-order valence-electron chi connectivity index (χ1n) is 9.06. The van der Waals surface area contributed by atoms with Crippen molar-refractivity contribution in [2.75, 3.05) is 6.54 Å². The fourth-order valence-corrected chi connectivity index (χ4v) is 2.67. The Balaban J connectivity index is 2.73. The molecule has 0 saturated carbocycles. The van der Waals surface area contributed by atoms with Crippen LogP contribution >= 0.6 is 0 Å². The number of nitrogens with two attached hydrogens (primary N) is 3. The SMILES string of the molecule is NC(=O)CCC(NC(=O)C1CCC(=O)N1)C(=O)NC(CCCN=C(N)N)C(=O)O. The van der Waals surface area contributed by atoms with E-state index in [0.717, 1.165) is 0 Å². The molecule has 1 aliphatic heterocycles. The molecule has 3 atom stereocenters. The third-order valence-corrected chi connectivity index (χ3v) is 4.18. The van der Waals surface area contributed by atoms with Crippen molar-refractivity contribution in [2.24, 2.45) is 22.2 Å². The van der Waals surface area contributed by atoms with Gasteiger partial charge in [0.15, 0.2) is 5.96 Å². The largest absolute Gasteiger partial charge is 0.480 e. The monoisotopic (exact) mass is 413 g/mol. The molecule has 4 amide bonds. The van der Waals surface area contributed by atoms with Crippen LogP contribution in [0.3, 0.4) is 0 Å². The maximum atomic E-state index is 12.5. The predicted octanol–water partition coefficient (Wildman–Crippen LogP) is -3.36. The van der Waals surface area contributed by atoms with Crippen LogP contribution < -0.4 is 33.2 Å². The van der Waals surface area contributed by atoms with Crippen molar-refractivity contribution in [1.82, 2.24) is 16.0 Å². The number of carbonyl (C=O) groups excluding carboxylic acids is 4. The number of aliphatic imine (C=N–C) groups is 1. The number of carboxylic acid groups (broad SMARTS) is 1. The third-order valence-electron chi connectivity index (χ3n) is 4.18. The molecule has 1 fully saturated rings. The van der Waals surface area contributed by atoms with Gasteiger partial charge in [0.05, 0.1) is 0 Å². The molecule has 0 radical (unpaired) electrons. The predicted molar refractivity (Wildman–Crippen MR) is 101 cm³/mol. The molecule has 162 valence electrons. The number of carboxylic acids is 1. The molecule has 0 aliphatic carbocycles. The van der Waals surface area contributed by atoms with Crippen molar-refractivity contribution >= 4 is 35.6 Å². The van der Waals surface area contributed by atoms with Crippen LogP contribution in [0.15, 0.2) is 4.99 Å². The van der Waals surface area contributed by atoms with Gasteiger partial charge in [-0.1, -0.05) is 0 Å². The Kier molecular flexibility index (Phi) is 9.35. The molecule has 1 heterocycles. The zero-order valence-corrected chi connectivity index (χ0v) is 15.8. The molecule has 0 bridgehead atoms. The highest BCUT2D eigenvalue weighted by Crippen LogP contribution is 2.08. The Morgan fingerprint density at radius 1 is 1.14 bits per heavy atom. The lowest BCUT2D eigenvalue weighted by Crippen LogP contribution is -2.54. The van der Waals surface area contributed by atoms with Crippen molar-refractivity contribution in [1.29, 1.82) is 0 Å². The molecule has 1 aliphatic rings. The molecule has 13 nitrogen and oxygen atoms in total. The first-order chi connectivity index (χ1) is 13.6. The maximum absolute atomic E-state index is 12.5. The van der Waals surface area contributed by atoms with Gasteiger partial charge in [0, 0.05) is 19.4 Å². The van der Waals surface area contributed by atoms with Crippen LogP contribution in [0.1, 0.15) is 38.5 Å². The molecule has 3 unspecified atom stereocenters. The quantitative estimate of drug-likeness (QED) is 0.0967. The molecule has 29 heavy (non-hydrogen) atoms. The maximum Gasteiger partial charge on any atom is 0.326 e. The zero-order chi connectivity index (χ0) is 22.0. The highest BCUT2D eigenvalue weighted by molar-refractivity contribution is 5.95. The number of nitrogens with zero attached hydrogens (tertiary/aromatic N) is 1. The van der Waals surface area contributed by atoms with Gasteiger partial charge in [-0.3, -0.25) is 24.2 Å². The van der Waals surface area contributed by atoms with E-state index >= 15 is 0 Å². The summed E-state index contributed by atoms with van der Waals surface area (Å²) in [6.45, 7) is 0.186. The number of hydrogen-bond acceptors (Lipinski definition) is 6. The number of nitrogens with one attached hydrogen (secondary N) is 3. The van der Waals surface area contributed by atoms with E-state index in [1.54, 1.807) is 0 Å². The van der Waals surface area contributed by atoms with E-state index in [0.29, 0.717) is 6.42 Å². The molecule has 10 N–H and O–H groups in total. The van der Waals surface area contributed by atoms with Crippen LogP contribution in [0.4, 0.5) is 0 Å². The Bertz CT molecular complexity index is 677. The van der Waals surface area contributed by atoms with Gasteiger partial charge in [-0.05, 0) is 25.7 Å². The Morgan fingerprint density at radius 2 is 1.83 bits per heavy atom. The summed E-state index contributed by atoms with van der Waals surface area (Å²) in [6.07, 6.45) is 0.491. The summed E-state index contributed by atoms with van der Waals surface area (Å²) in [5, 5.41) is 16.5. The number of aliphatic carboxylic acids is 1. The topological polar surface area (TPSA) is 232 Å². The summed E-state index contributed by atoms with van der Waals surface area (Å²) in [5.41, 5.74) is 15.5. The number of primary amides is 1. The summed E-state index contributed by atoms with van der Waals surface area (Å²) in [7, 11) is 0. The molecular formula is C16H27N7O6. The van der Waals surface area contributed by atoms with Gasteiger partial charge in [0.25, 0.3) is 0 Å². The summed E-state index contributed by atoms with van der Waals surface area (Å²) < 4.78 is 0. The minimum absolute atomic E-state index is 0.0486. The molecule has 0 aromatic carbocycles. The minimum atomic E-state index is -1.27. The lowest BCUT2D eigenvalue weighted by molar-refractivity contribution is -0.142. The van der Waals surface area contributed by atoms with Gasteiger partial charge in [0.2, 0.25) is 23.6 Å². The lowest BCUT2D eigenvalue weighted by atomic mass is 10.1. The van der Waals surface area contributed by atoms with E-state index in [4.69, 9.17) is 17.2 Å². The zero-order valence-electron chi connectivity index (χ0n) is 15.8. The molecule has 0 aromatic heterocycles. The van der Waals surface area contributed by atoms with Crippen LogP contribution in [-0.2, 0) is 24.0 Å². The van der Waals surface area contributed by atoms with Crippen molar-refractivity contribution in [2.45, 2.75) is 56.7 Å². The van der Waals surface area contributed by atoms with Crippen molar-refractivity contribution < 1.29 is 29.1 Å². The van der Waals surface area contributed by atoms with E-state index < -0.39 is 41.8 Å². The van der Waals surface area contributed by atoms with Gasteiger partial charge in [-0.25, -0.2) is 4.79 Å². The van der Waals surface area contributed by atoms with Gasteiger partial charge in [-0.15, -0.1) is 0 Å². The first-order valence-corrected chi connectivity index (χ1v) is 9.06. The van der Waals surface area contributed by atoms with Crippen LogP contribution in [-0.4, -0.2) is 65.3 Å². The van der Waals surface area contributed by atoms with Crippen LogP contribution in [0.25, 0.3) is 0 Å². The Labute approximate surface area is 166 Å². The molecule has 0 aromatic rings. The Morgan fingerprint density at radius 3 is 2.34 bits per heavy atom. The van der Waals surface area contributed by atoms with Crippen LogP contribution in [0.5, 0.6) is 0 Å². The summed E-state index contributed by atoms with van der Waals surface area (Å²) in [6, 6.07) is -3.22. The van der Waals surface area contributed by atoms with E-state index in [2.05, 4.69) is 20.9 Å². The van der Waals surface area contributed by atoms with Gasteiger partial charge in [0.1, 0.15) is 18.1 Å². The van der Waals surface area contributed by atoms with Crippen molar-refractivity contribution in [3.8, 4) is 0 Å². The van der Waals surface area contributed by atoms with Crippen molar-refractivity contribution in [3.63, 3.8) is 0 Å². The average molecular weight is 413 g/mol. The second kappa shape index (κ2) is 11.5. The molecule has 0 spiro atoms. The molecule has 13 heteroatoms. The summed E-state index contributed by atoms with van der Waals surface area (Å²) in [4.78, 5) is 62.3. The fourth-order valence-electron chi connectivity index (χ4n) is 2.67.